The molecule has 0 saturated carbocycles. The van der Waals surface area contributed by atoms with Gasteiger partial charge in [-0.3, -0.25) is 14.7 Å². The Hall–Kier alpha value is -1.55. The van der Waals surface area contributed by atoms with Gasteiger partial charge in [0.05, 0.1) is 12.0 Å². The van der Waals surface area contributed by atoms with Gasteiger partial charge in [0.2, 0.25) is 5.91 Å². The van der Waals surface area contributed by atoms with Crippen molar-refractivity contribution in [2.45, 2.75) is 27.7 Å². The number of piperazine rings is 1. The third kappa shape index (κ3) is 8.67. The summed E-state index contributed by atoms with van der Waals surface area (Å²) in [4.78, 5) is 21.7. The van der Waals surface area contributed by atoms with Gasteiger partial charge in [0, 0.05) is 45.8 Å². The molecule has 1 aromatic rings. The summed E-state index contributed by atoms with van der Waals surface area (Å²) in [5.74, 6) is 1.86. The van der Waals surface area contributed by atoms with Crippen LogP contribution in [0.15, 0.2) is 35.3 Å². The zero-order chi connectivity index (χ0) is 21.1. The van der Waals surface area contributed by atoms with Gasteiger partial charge in [-0.2, -0.15) is 0 Å². The summed E-state index contributed by atoms with van der Waals surface area (Å²) in [5, 5.41) is 6.27. The van der Waals surface area contributed by atoms with Crippen LogP contribution in [-0.4, -0.2) is 80.6 Å². The minimum atomic E-state index is -0.521. The molecule has 1 aliphatic rings. The minimum absolute atomic E-state index is 0. The molecule has 170 valence electrons. The fourth-order valence-electron chi connectivity index (χ4n) is 3.16. The Balaban J connectivity index is 0.00000450. The van der Waals surface area contributed by atoms with Crippen LogP contribution in [-0.2, 0) is 4.79 Å². The lowest BCUT2D eigenvalue weighted by atomic mass is 9.92. The van der Waals surface area contributed by atoms with E-state index in [0.717, 1.165) is 51.0 Å². The average Bonchev–Trinajstić information content (AvgIpc) is 2.73. The Kier molecular flexibility index (Phi) is 12.1. The van der Waals surface area contributed by atoms with Crippen LogP contribution in [0.3, 0.4) is 0 Å². The summed E-state index contributed by atoms with van der Waals surface area (Å²) >= 11 is 0. The number of rotatable bonds is 9. The number of hydrogen-bond donors (Lipinski definition) is 2. The number of carbonyl (C=O) groups excluding carboxylic acids is 1. The first-order valence-corrected chi connectivity index (χ1v) is 10.7. The fraction of sp³-hybridized carbons (Fsp3) is 0.636. The lowest BCUT2D eigenvalue weighted by Crippen LogP contribution is -2.53. The molecule has 0 radical (unpaired) electrons. The number of guanidine groups is 1. The first-order chi connectivity index (χ1) is 14.0. The van der Waals surface area contributed by atoms with Crippen LogP contribution in [0.1, 0.15) is 27.7 Å². The quantitative estimate of drug-likeness (QED) is 0.291. The zero-order valence-corrected chi connectivity index (χ0v) is 21.1. The summed E-state index contributed by atoms with van der Waals surface area (Å²) in [5.41, 5.74) is -0.521. The van der Waals surface area contributed by atoms with Crippen LogP contribution in [0.2, 0.25) is 0 Å². The number of nitrogens with one attached hydrogen (secondary N) is 2. The molecule has 2 rings (SSSR count). The Morgan fingerprint density at radius 2 is 1.70 bits per heavy atom. The predicted molar refractivity (Wildman–Crippen MR) is 134 cm³/mol. The maximum atomic E-state index is 12.2. The second-order valence-electron chi connectivity index (χ2n) is 7.90. The van der Waals surface area contributed by atoms with Crippen molar-refractivity contribution in [2.24, 2.45) is 10.4 Å². The van der Waals surface area contributed by atoms with Crippen LogP contribution in [0.25, 0.3) is 0 Å². The van der Waals surface area contributed by atoms with E-state index >= 15 is 0 Å². The molecular formula is C22H38IN5O2. The summed E-state index contributed by atoms with van der Waals surface area (Å²) in [6, 6.07) is 9.94. The van der Waals surface area contributed by atoms with Gasteiger partial charge in [-0.05, 0) is 39.8 Å². The smallest absolute Gasteiger partial charge is 0.227 e. The number of hydrogen-bond acceptors (Lipinski definition) is 4. The van der Waals surface area contributed by atoms with Crippen molar-refractivity contribution in [1.29, 1.82) is 0 Å². The van der Waals surface area contributed by atoms with E-state index < -0.39 is 5.41 Å². The Morgan fingerprint density at radius 3 is 2.30 bits per heavy atom. The van der Waals surface area contributed by atoms with Crippen LogP contribution in [0, 0.1) is 5.41 Å². The maximum Gasteiger partial charge on any atom is 0.227 e. The molecule has 0 atom stereocenters. The van der Waals surface area contributed by atoms with E-state index in [4.69, 9.17) is 9.73 Å². The number of halogens is 1. The SMILES string of the molecule is CCNC(=O)C(C)(C)CN=C(NCC)N1CCN(CCOc2ccccc2)CC1.I. The van der Waals surface area contributed by atoms with Crippen molar-refractivity contribution in [2.75, 3.05) is 59.0 Å². The average molecular weight is 531 g/mol. The molecule has 30 heavy (non-hydrogen) atoms. The first kappa shape index (κ1) is 26.5. The molecule has 0 aliphatic carbocycles. The first-order valence-electron chi connectivity index (χ1n) is 10.7. The normalized spacial score (nSPS) is 15.3. The molecule has 1 heterocycles. The fourth-order valence-corrected chi connectivity index (χ4v) is 3.16. The molecule has 7 nitrogen and oxygen atoms in total. The van der Waals surface area contributed by atoms with E-state index in [9.17, 15) is 4.79 Å². The lowest BCUT2D eigenvalue weighted by Gasteiger charge is -2.36. The van der Waals surface area contributed by atoms with E-state index in [1.165, 1.54) is 0 Å². The number of benzene rings is 1. The van der Waals surface area contributed by atoms with Crippen LogP contribution < -0.4 is 15.4 Å². The van der Waals surface area contributed by atoms with E-state index in [2.05, 4.69) is 27.4 Å². The van der Waals surface area contributed by atoms with E-state index in [1.807, 2.05) is 51.1 Å². The summed E-state index contributed by atoms with van der Waals surface area (Å²) in [7, 11) is 0. The highest BCUT2D eigenvalue weighted by atomic mass is 127. The predicted octanol–water partition coefficient (Wildman–Crippen LogP) is 2.43. The van der Waals surface area contributed by atoms with Crippen LogP contribution >= 0.6 is 24.0 Å². The lowest BCUT2D eigenvalue weighted by molar-refractivity contribution is -0.128. The zero-order valence-electron chi connectivity index (χ0n) is 18.8. The molecule has 0 aromatic heterocycles. The highest BCUT2D eigenvalue weighted by molar-refractivity contribution is 14.0. The second kappa shape index (κ2) is 13.7. The molecule has 1 fully saturated rings. The van der Waals surface area contributed by atoms with Gasteiger partial charge < -0.3 is 20.3 Å². The van der Waals surface area contributed by atoms with Gasteiger partial charge in [0.1, 0.15) is 12.4 Å². The van der Waals surface area contributed by atoms with E-state index in [1.54, 1.807) is 0 Å². The third-order valence-corrected chi connectivity index (χ3v) is 5.00. The minimum Gasteiger partial charge on any atom is -0.492 e. The number of aliphatic imine (C=N–C) groups is 1. The highest BCUT2D eigenvalue weighted by Crippen LogP contribution is 2.16. The topological polar surface area (TPSA) is 69.2 Å². The van der Waals surface area contributed by atoms with Crippen molar-refractivity contribution in [3.63, 3.8) is 0 Å². The molecule has 1 aromatic carbocycles. The maximum absolute atomic E-state index is 12.2. The summed E-state index contributed by atoms with van der Waals surface area (Å²) < 4.78 is 5.81. The number of nitrogens with zero attached hydrogens (tertiary/aromatic N) is 3. The number of carbonyl (C=O) groups is 1. The molecule has 2 N–H and O–H groups in total. The summed E-state index contributed by atoms with van der Waals surface area (Å²) in [6.07, 6.45) is 0. The Bertz CT molecular complexity index is 646. The Labute approximate surface area is 198 Å². The summed E-state index contributed by atoms with van der Waals surface area (Å²) in [6.45, 7) is 15.2. The molecule has 0 spiro atoms. The largest absolute Gasteiger partial charge is 0.492 e. The Morgan fingerprint density at radius 1 is 1.07 bits per heavy atom. The van der Waals surface area contributed by atoms with Crippen molar-refractivity contribution >= 4 is 35.8 Å². The molecule has 1 saturated heterocycles. The molecular weight excluding hydrogens is 493 g/mol. The van der Waals surface area contributed by atoms with Crippen molar-refractivity contribution in [3.8, 4) is 5.75 Å². The second-order valence-corrected chi connectivity index (χ2v) is 7.90. The molecule has 1 amide bonds. The molecule has 1 aliphatic heterocycles. The van der Waals surface area contributed by atoms with Crippen molar-refractivity contribution < 1.29 is 9.53 Å². The van der Waals surface area contributed by atoms with Crippen LogP contribution in [0.4, 0.5) is 0 Å². The molecule has 0 unspecified atom stereocenters. The standard InChI is InChI=1S/C22H37N5O2.HI/c1-5-23-20(28)22(3,4)18-25-21(24-6-2)27-14-12-26(13-15-27)16-17-29-19-10-8-7-9-11-19;/h7-11H,5-6,12-18H2,1-4H3,(H,23,28)(H,24,25);1H. The molecule has 8 heteroatoms. The van der Waals surface area contributed by atoms with Gasteiger partial charge >= 0.3 is 0 Å². The molecule has 0 bridgehead atoms. The number of para-hydroxylation sites is 1. The van der Waals surface area contributed by atoms with Crippen LogP contribution in [0.5, 0.6) is 5.75 Å². The van der Waals surface area contributed by atoms with Gasteiger partial charge in [0.15, 0.2) is 5.96 Å². The van der Waals surface area contributed by atoms with E-state index in [-0.39, 0.29) is 29.9 Å². The number of amides is 1. The van der Waals surface area contributed by atoms with Gasteiger partial charge in [0.25, 0.3) is 0 Å². The van der Waals surface area contributed by atoms with Gasteiger partial charge in [-0.15, -0.1) is 24.0 Å². The third-order valence-electron chi connectivity index (χ3n) is 5.00. The van der Waals surface area contributed by atoms with Gasteiger partial charge in [-0.25, -0.2) is 0 Å². The van der Waals surface area contributed by atoms with Gasteiger partial charge in [-0.1, -0.05) is 18.2 Å². The monoisotopic (exact) mass is 531 g/mol. The van der Waals surface area contributed by atoms with Crippen molar-refractivity contribution in [3.05, 3.63) is 30.3 Å². The van der Waals surface area contributed by atoms with Crippen molar-refractivity contribution in [1.82, 2.24) is 20.4 Å². The highest BCUT2D eigenvalue weighted by Gasteiger charge is 2.28. The number of ether oxygens (including phenoxy) is 1. The van der Waals surface area contributed by atoms with E-state index in [0.29, 0.717) is 19.7 Å².